The zero-order valence-electron chi connectivity index (χ0n) is 12.8. The third-order valence-electron chi connectivity index (χ3n) is 4.82. The van der Waals surface area contributed by atoms with Crippen molar-refractivity contribution in [2.24, 2.45) is 11.8 Å². The molecule has 2 unspecified atom stereocenters. The van der Waals surface area contributed by atoms with E-state index in [2.05, 4.69) is 26.0 Å². The lowest BCUT2D eigenvalue weighted by molar-refractivity contribution is 0.0849. The minimum Gasteiger partial charge on any atom is -0.380 e. The number of ether oxygens (including phenoxy) is 1. The van der Waals surface area contributed by atoms with Gasteiger partial charge in [-0.3, -0.25) is 0 Å². The molecule has 0 aliphatic heterocycles. The summed E-state index contributed by atoms with van der Waals surface area (Å²) in [7, 11) is 0. The molecule has 1 heteroatoms. The first-order valence-electron chi connectivity index (χ1n) is 8.30. The smallest absolute Gasteiger partial charge is 0.0531 e. The molecule has 0 radical (unpaired) electrons. The van der Waals surface area contributed by atoms with Gasteiger partial charge in [0.15, 0.2) is 0 Å². The van der Waals surface area contributed by atoms with Crippen LogP contribution in [0.1, 0.15) is 65.2 Å². The Morgan fingerprint density at radius 3 is 1.68 bits per heavy atom. The summed E-state index contributed by atoms with van der Waals surface area (Å²) in [6.45, 7) is 6.46. The maximum Gasteiger partial charge on any atom is 0.0531 e. The lowest BCUT2D eigenvalue weighted by Gasteiger charge is -2.21. The SMILES string of the molecule is CCC(COCC(CC)C1=CCCC1)C1=CCCC1. The number of hydrogen-bond donors (Lipinski definition) is 0. The predicted octanol–water partition coefficient (Wildman–Crippen LogP) is 5.28. The highest BCUT2D eigenvalue weighted by atomic mass is 16.5. The molecule has 2 aliphatic carbocycles. The Morgan fingerprint density at radius 2 is 1.37 bits per heavy atom. The molecule has 0 aromatic carbocycles. The summed E-state index contributed by atoms with van der Waals surface area (Å²) in [5, 5.41) is 0. The molecule has 0 fully saturated rings. The molecule has 0 bridgehead atoms. The number of allylic oxidation sites excluding steroid dienone is 2. The van der Waals surface area contributed by atoms with Crippen LogP contribution in [0.25, 0.3) is 0 Å². The van der Waals surface area contributed by atoms with Gasteiger partial charge in [0.05, 0.1) is 13.2 Å². The third kappa shape index (κ3) is 4.21. The van der Waals surface area contributed by atoms with Crippen LogP contribution in [0.2, 0.25) is 0 Å². The summed E-state index contributed by atoms with van der Waals surface area (Å²) in [6.07, 6.45) is 15.3. The molecule has 1 nitrogen and oxygen atoms in total. The van der Waals surface area contributed by atoms with Gasteiger partial charge in [0, 0.05) is 11.8 Å². The Labute approximate surface area is 119 Å². The summed E-state index contributed by atoms with van der Waals surface area (Å²) >= 11 is 0. The maximum absolute atomic E-state index is 6.08. The van der Waals surface area contributed by atoms with E-state index in [9.17, 15) is 0 Å². The van der Waals surface area contributed by atoms with E-state index < -0.39 is 0 Å². The normalized spacial score (nSPS) is 22.2. The summed E-state index contributed by atoms with van der Waals surface area (Å²) < 4.78 is 6.08. The lowest BCUT2D eigenvalue weighted by atomic mass is 9.95. The highest BCUT2D eigenvalue weighted by Gasteiger charge is 2.18. The maximum atomic E-state index is 6.08. The van der Waals surface area contributed by atoms with Gasteiger partial charge in [-0.25, -0.2) is 0 Å². The van der Waals surface area contributed by atoms with Gasteiger partial charge < -0.3 is 4.74 Å². The Hall–Kier alpha value is -0.560. The Bertz CT molecular complexity index is 295. The largest absolute Gasteiger partial charge is 0.380 e. The van der Waals surface area contributed by atoms with E-state index in [0.29, 0.717) is 11.8 Å². The van der Waals surface area contributed by atoms with E-state index in [4.69, 9.17) is 4.74 Å². The molecule has 0 aromatic heterocycles. The fourth-order valence-corrected chi connectivity index (χ4v) is 3.46. The van der Waals surface area contributed by atoms with E-state index in [-0.39, 0.29) is 0 Å². The van der Waals surface area contributed by atoms with Crippen molar-refractivity contribution in [1.29, 1.82) is 0 Å². The van der Waals surface area contributed by atoms with Crippen LogP contribution >= 0.6 is 0 Å². The molecule has 19 heavy (non-hydrogen) atoms. The molecule has 0 aromatic rings. The predicted molar refractivity (Wildman–Crippen MR) is 82.2 cm³/mol. The van der Waals surface area contributed by atoms with Crippen molar-refractivity contribution in [3.8, 4) is 0 Å². The van der Waals surface area contributed by atoms with Crippen LogP contribution in [0.15, 0.2) is 23.3 Å². The van der Waals surface area contributed by atoms with Crippen LogP contribution in [0.5, 0.6) is 0 Å². The highest BCUT2D eigenvalue weighted by Crippen LogP contribution is 2.29. The van der Waals surface area contributed by atoms with Crippen LogP contribution in [-0.2, 0) is 4.74 Å². The van der Waals surface area contributed by atoms with E-state index >= 15 is 0 Å². The quantitative estimate of drug-likeness (QED) is 0.541. The van der Waals surface area contributed by atoms with Gasteiger partial charge in [-0.15, -0.1) is 0 Å². The second-order valence-electron chi connectivity index (χ2n) is 6.09. The molecule has 2 rings (SSSR count). The van der Waals surface area contributed by atoms with Crippen molar-refractivity contribution in [2.75, 3.05) is 13.2 Å². The van der Waals surface area contributed by atoms with Gasteiger partial charge in [-0.05, 0) is 51.4 Å². The van der Waals surface area contributed by atoms with Crippen molar-refractivity contribution < 1.29 is 4.74 Å². The number of hydrogen-bond acceptors (Lipinski definition) is 1. The summed E-state index contributed by atoms with van der Waals surface area (Å²) in [4.78, 5) is 0. The van der Waals surface area contributed by atoms with Crippen molar-refractivity contribution in [3.63, 3.8) is 0 Å². The van der Waals surface area contributed by atoms with Crippen LogP contribution in [0.3, 0.4) is 0 Å². The zero-order valence-corrected chi connectivity index (χ0v) is 12.8. The fraction of sp³-hybridized carbons (Fsp3) is 0.778. The molecule has 0 spiro atoms. The second kappa shape index (κ2) is 7.89. The molecule has 0 saturated heterocycles. The molecule has 2 aliphatic rings. The standard InChI is InChI=1S/C18H30O/c1-3-15(17-9-5-6-10-17)13-19-14-16(4-2)18-11-7-8-12-18/h9,11,15-16H,3-8,10,12-14H2,1-2H3. The Kier molecular flexibility index (Phi) is 6.16. The fourth-order valence-electron chi connectivity index (χ4n) is 3.46. The van der Waals surface area contributed by atoms with Crippen LogP contribution < -0.4 is 0 Å². The summed E-state index contributed by atoms with van der Waals surface area (Å²) in [5.74, 6) is 1.36. The van der Waals surface area contributed by atoms with Crippen LogP contribution in [0, 0.1) is 11.8 Å². The lowest BCUT2D eigenvalue weighted by Crippen LogP contribution is -2.16. The molecule has 2 atom stereocenters. The van der Waals surface area contributed by atoms with Crippen molar-refractivity contribution in [3.05, 3.63) is 23.3 Å². The van der Waals surface area contributed by atoms with E-state index in [0.717, 1.165) is 13.2 Å². The third-order valence-corrected chi connectivity index (χ3v) is 4.82. The van der Waals surface area contributed by atoms with Crippen LogP contribution in [0.4, 0.5) is 0 Å². The molecule has 0 saturated carbocycles. The van der Waals surface area contributed by atoms with Gasteiger partial charge in [-0.2, -0.15) is 0 Å². The zero-order chi connectivity index (χ0) is 13.5. The summed E-state index contributed by atoms with van der Waals surface area (Å²) in [6, 6.07) is 0. The highest BCUT2D eigenvalue weighted by molar-refractivity contribution is 5.12. The van der Waals surface area contributed by atoms with Crippen molar-refractivity contribution in [1.82, 2.24) is 0 Å². The second-order valence-corrected chi connectivity index (χ2v) is 6.09. The van der Waals surface area contributed by atoms with E-state index in [1.165, 1.54) is 51.4 Å². The first-order chi connectivity index (χ1) is 9.35. The van der Waals surface area contributed by atoms with Gasteiger partial charge in [0.25, 0.3) is 0 Å². The van der Waals surface area contributed by atoms with E-state index in [1.807, 2.05) is 0 Å². The molecular formula is C18H30O. The molecular weight excluding hydrogens is 232 g/mol. The average molecular weight is 262 g/mol. The van der Waals surface area contributed by atoms with Crippen molar-refractivity contribution in [2.45, 2.75) is 65.2 Å². The minimum atomic E-state index is 0.678. The first kappa shape index (κ1) is 14.8. The summed E-state index contributed by atoms with van der Waals surface area (Å²) in [5.41, 5.74) is 3.33. The van der Waals surface area contributed by atoms with Gasteiger partial charge in [0.2, 0.25) is 0 Å². The van der Waals surface area contributed by atoms with Gasteiger partial charge in [-0.1, -0.05) is 37.1 Å². The van der Waals surface area contributed by atoms with Gasteiger partial charge in [0.1, 0.15) is 0 Å². The molecule has 0 N–H and O–H groups in total. The molecule has 108 valence electrons. The monoisotopic (exact) mass is 262 g/mol. The molecule has 0 amide bonds. The van der Waals surface area contributed by atoms with Gasteiger partial charge >= 0.3 is 0 Å². The Balaban J connectivity index is 1.74. The first-order valence-corrected chi connectivity index (χ1v) is 8.30. The number of rotatable bonds is 8. The van der Waals surface area contributed by atoms with Crippen LogP contribution in [-0.4, -0.2) is 13.2 Å². The average Bonchev–Trinajstić information content (AvgIpc) is 3.12. The molecule has 0 heterocycles. The minimum absolute atomic E-state index is 0.678. The Morgan fingerprint density at radius 1 is 0.895 bits per heavy atom. The topological polar surface area (TPSA) is 9.23 Å². The van der Waals surface area contributed by atoms with Crippen molar-refractivity contribution >= 4 is 0 Å². The van der Waals surface area contributed by atoms with E-state index in [1.54, 1.807) is 11.1 Å².